The van der Waals surface area contributed by atoms with Gasteiger partial charge in [-0.15, -0.1) is 0 Å². The number of nitrogens with one attached hydrogen (secondary N) is 1. The van der Waals surface area contributed by atoms with Crippen molar-refractivity contribution in [3.05, 3.63) is 60.2 Å². The summed E-state index contributed by atoms with van der Waals surface area (Å²) >= 11 is 0. The molecule has 0 saturated carbocycles. The average Bonchev–Trinajstić information content (AvgIpc) is 3.30. The van der Waals surface area contributed by atoms with Crippen LogP contribution in [0.3, 0.4) is 0 Å². The van der Waals surface area contributed by atoms with Crippen LogP contribution in [-0.4, -0.2) is 62.9 Å². The molecule has 0 radical (unpaired) electrons. The number of morpholine rings is 1. The Bertz CT molecular complexity index is 768. The van der Waals surface area contributed by atoms with Gasteiger partial charge < -0.3 is 14.8 Å². The van der Waals surface area contributed by atoms with Gasteiger partial charge in [0.05, 0.1) is 19.8 Å². The molecular formula is C23H28N2O3. The third-order valence-electron chi connectivity index (χ3n) is 5.75. The summed E-state index contributed by atoms with van der Waals surface area (Å²) in [5.74, 6) is 0.444. The lowest BCUT2D eigenvalue weighted by Crippen LogP contribution is -2.52. The molecule has 5 nitrogen and oxygen atoms in total. The van der Waals surface area contributed by atoms with Crippen molar-refractivity contribution in [2.75, 3.05) is 46.1 Å². The van der Waals surface area contributed by atoms with E-state index in [0.717, 1.165) is 62.6 Å². The quantitative estimate of drug-likeness (QED) is 0.837. The lowest BCUT2D eigenvalue weighted by molar-refractivity contribution is 0.00166. The summed E-state index contributed by atoms with van der Waals surface area (Å²) in [6.45, 7) is 5.57. The van der Waals surface area contributed by atoms with Gasteiger partial charge in [-0.1, -0.05) is 48.5 Å². The number of amides is 1. The molecule has 2 unspecified atom stereocenters. The molecule has 2 fully saturated rings. The molecule has 2 saturated heterocycles. The number of benzene rings is 2. The van der Waals surface area contributed by atoms with Crippen molar-refractivity contribution < 1.29 is 14.3 Å². The minimum Gasteiger partial charge on any atom is -0.381 e. The van der Waals surface area contributed by atoms with E-state index in [1.54, 1.807) is 0 Å². The van der Waals surface area contributed by atoms with Gasteiger partial charge in [-0.25, -0.2) is 0 Å². The fourth-order valence-electron chi connectivity index (χ4n) is 4.20. The molecule has 2 heterocycles. The van der Waals surface area contributed by atoms with E-state index in [4.69, 9.17) is 9.47 Å². The lowest BCUT2D eigenvalue weighted by atomic mass is 9.96. The molecule has 4 rings (SSSR count). The Morgan fingerprint density at radius 2 is 1.75 bits per heavy atom. The third-order valence-corrected chi connectivity index (χ3v) is 5.75. The second-order valence-corrected chi connectivity index (χ2v) is 7.46. The van der Waals surface area contributed by atoms with Gasteiger partial charge >= 0.3 is 0 Å². The monoisotopic (exact) mass is 380 g/mol. The lowest BCUT2D eigenvalue weighted by Gasteiger charge is -2.37. The van der Waals surface area contributed by atoms with Crippen LogP contribution < -0.4 is 5.32 Å². The molecule has 2 aromatic carbocycles. The van der Waals surface area contributed by atoms with E-state index >= 15 is 0 Å². The first-order valence-electron chi connectivity index (χ1n) is 10.1. The number of carbonyl (C=O) groups excluding carboxylic acids is 1. The Hall–Kier alpha value is -2.21. The number of carbonyl (C=O) groups is 1. The van der Waals surface area contributed by atoms with Gasteiger partial charge in [-0.05, 0) is 23.6 Å². The van der Waals surface area contributed by atoms with Crippen molar-refractivity contribution in [2.24, 2.45) is 5.92 Å². The molecule has 148 valence electrons. The Balaban J connectivity index is 1.48. The predicted molar refractivity (Wildman–Crippen MR) is 109 cm³/mol. The second-order valence-electron chi connectivity index (χ2n) is 7.46. The molecule has 0 spiro atoms. The van der Waals surface area contributed by atoms with Gasteiger partial charge in [0, 0.05) is 43.8 Å². The Morgan fingerprint density at radius 1 is 1.00 bits per heavy atom. The molecule has 1 amide bonds. The number of hydrogen-bond donors (Lipinski definition) is 1. The largest absolute Gasteiger partial charge is 0.381 e. The Labute approximate surface area is 166 Å². The normalized spacial score (nSPS) is 21.4. The summed E-state index contributed by atoms with van der Waals surface area (Å²) in [6.07, 6.45) is 1.05. The maximum atomic E-state index is 13.1. The van der Waals surface area contributed by atoms with Gasteiger partial charge in [0.15, 0.2) is 0 Å². The first-order chi connectivity index (χ1) is 13.8. The van der Waals surface area contributed by atoms with Crippen LogP contribution in [0, 0.1) is 5.92 Å². The third kappa shape index (κ3) is 4.43. The van der Waals surface area contributed by atoms with Crippen LogP contribution in [0.1, 0.15) is 16.8 Å². The highest BCUT2D eigenvalue weighted by atomic mass is 16.5. The highest BCUT2D eigenvalue weighted by Crippen LogP contribution is 2.24. The van der Waals surface area contributed by atoms with Crippen molar-refractivity contribution >= 4 is 5.91 Å². The molecule has 2 aliphatic rings. The van der Waals surface area contributed by atoms with Gasteiger partial charge in [0.1, 0.15) is 0 Å². The summed E-state index contributed by atoms with van der Waals surface area (Å²) in [6, 6.07) is 18.2. The Kier molecular flexibility index (Phi) is 6.37. The van der Waals surface area contributed by atoms with E-state index < -0.39 is 0 Å². The van der Waals surface area contributed by atoms with Crippen molar-refractivity contribution in [3.63, 3.8) is 0 Å². The molecule has 0 aliphatic carbocycles. The summed E-state index contributed by atoms with van der Waals surface area (Å²) in [5.41, 5.74) is 2.74. The van der Waals surface area contributed by atoms with Crippen molar-refractivity contribution in [3.8, 4) is 11.1 Å². The topological polar surface area (TPSA) is 50.8 Å². The fraction of sp³-hybridized carbons (Fsp3) is 0.435. The van der Waals surface area contributed by atoms with Crippen LogP contribution in [0.4, 0.5) is 0 Å². The summed E-state index contributed by atoms with van der Waals surface area (Å²) in [4.78, 5) is 15.5. The highest BCUT2D eigenvalue weighted by Gasteiger charge is 2.32. The van der Waals surface area contributed by atoms with Gasteiger partial charge in [0.2, 0.25) is 0 Å². The minimum absolute atomic E-state index is 0.0170. The highest BCUT2D eigenvalue weighted by molar-refractivity contribution is 6.00. The molecule has 2 aliphatic heterocycles. The summed E-state index contributed by atoms with van der Waals surface area (Å²) < 4.78 is 11.1. The molecule has 5 heteroatoms. The van der Waals surface area contributed by atoms with E-state index in [2.05, 4.69) is 10.2 Å². The average molecular weight is 380 g/mol. The minimum atomic E-state index is -0.0170. The van der Waals surface area contributed by atoms with Crippen LogP contribution in [-0.2, 0) is 9.47 Å². The van der Waals surface area contributed by atoms with Crippen LogP contribution in [0.15, 0.2) is 54.6 Å². The first-order valence-corrected chi connectivity index (χ1v) is 10.1. The van der Waals surface area contributed by atoms with E-state index in [9.17, 15) is 4.79 Å². The molecule has 2 aromatic rings. The Morgan fingerprint density at radius 3 is 2.50 bits per heavy atom. The van der Waals surface area contributed by atoms with Crippen molar-refractivity contribution in [1.29, 1.82) is 0 Å². The van der Waals surface area contributed by atoms with Crippen molar-refractivity contribution in [1.82, 2.24) is 10.2 Å². The van der Waals surface area contributed by atoms with E-state index in [1.165, 1.54) is 0 Å². The zero-order chi connectivity index (χ0) is 19.2. The predicted octanol–water partition coefficient (Wildman–Crippen LogP) is 2.82. The number of nitrogens with zero attached hydrogens (tertiary/aromatic N) is 1. The van der Waals surface area contributed by atoms with E-state index in [1.807, 2.05) is 54.6 Å². The maximum Gasteiger partial charge on any atom is 0.251 e. The fourth-order valence-corrected chi connectivity index (χ4v) is 4.20. The zero-order valence-electron chi connectivity index (χ0n) is 16.2. The molecule has 0 aromatic heterocycles. The van der Waals surface area contributed by atoms with Crippen LogP contribution in [0.25, 0.3) is 11.1 Å². The van der Waals surface area contributed by atoms with Gasteiger partial charge in [-0.3, -0.25) is 9.69 Å². The smallest absolute Gasteiger partial charge is 0.251 e. The second kappa shape index (κ2) is 9.32. The summed E-state index contributed by atoms with van der Waals surface area (Å²) in [5, 5.41) is 3.21. The number of hydrogen-bond acceptors (Lipinski definition) is 4. The first kappa shape index (κ1) is 19.1. The van der Waals surface area contributed by atoms with Gasteiger partial charge in [0.25, 0.3) is 5.91 Å². The van der Waals surface area contributed by atoms with Crippen molar-refractivity contribution in [2.45, 2.75) is 12.5 Å². The maximum absolute atomic E-state index is 13.1. The van der Waals surface area contributed by atoms with Crippen LogP contribution in [0.5, 0.6) is 0 Å². The molecular weight excluding hydrogens is 352 g/mol. The van der Waals surface area contributed by atoms with Gasteiger partial charge in [-0.2, -0.15) is 0 Å². The van der Waals surface area contributed by atoms with Crippen LogP contribution >= 0.6 is 0 Å². The molecule has 28 heavy (non-hydrogen) atoms. The SMILES string of the molecule is O=C(NCC(C1CCOC1)N1CCOCC1)c1ccccc1-c1ccccc1. The molecule has 0 bridgehead atoms. The van der Waals surface area contributed by atoms with E-state index in [0.29, 0.717) is 18.5 Å². The number of rotatable bonds is 6. The standard InChI is InChI=1S/C23H28N2O3/c26-23(21-9-5-4-8-20(21)18-6-2-1-3-7-18)24-16-22(19-10-13-28-17-19)25-11-14-27-15-12-25/h1-9,19,22H,10-17H2,(H,24,26). The van der Waals surface area contributed by atoms with Crippen LogP contribution in [0.2, 0.25) is 0 Å². The van der Waals surface area contributed by atoms with E-state index in [-0.39, 0.29) is 5.91 Å². The molecule has 1 N–H and O–H groups in total. The molecule has 2 atom stereocenters. The zero-order valence-corrected chi connectivity index (χ0v) is 16.2. The number of ether oxygens (including phenoxy) is 2. The summed E-state index contributed by atoms with van der Waals surface area (Å²) in [7, 11) is 0.